The van der Waals surface area contributed by atoms with Crippen LogP contribution in [-0.4, -0.2) is 24.6 Å². The minimum absolute atomic E-state index is 0.00521. The summed E-state index contributed by atoms with van der Waals surface area (Å²) in [7, 11) is 0. The number of para-hydroxylation sites is 1. The van der Waals surface area contributed by atoms with Crippen molar-refractivity contribution in [1.29, 1.82) is 0 Å². The SMILES string of the molecule is CCOc1cc(C=NNC(=O)CC(=O)Nc2ccccc2F)ccc1OCc1ccc(Cl)cc1. The number of hydrogen-bond acceptors (Lipinski definition) is 5. The molecule has 7 nitrogen and oxygen atoms in total. The molecule has 3 rings (SSSR count). The fraction of sp³-hybridized carbons (Fsp3) is 0.160. The number of halogens is 2. The van der Waals surface area contributed by atoms with Crippen LogP contribution in [-0.2, 0) is 16.2 Å². The van der Waals surface area contributed by atoms with Crippen LogP contribution in [0.25, 0.3) is 0 Å². The van der Waals surface area contributed by atoms with Crippen molar-refractivity contribution < 1.29 is 23.5 Å². The maximum absolute atomic E-state index is 13.6. The van der Waals surface area contributed by atoms with Gasteiger partial charge in [-0.25, -0.2) is 9.82 Å². The standard InChI is InChI=1S/C25H23ClFN3O4/c1-2-33-23-13-18(9-12-22(23)34-16-17-7-10-19(26)11-8-17)15-28-30-25(32)14-24(31)29-21-6-4-3-5-20(21)27/h3-13,15H,2,14,16H2,1H3,(H,29,31)(H,30,32). The number of benzene rings is 3. The highest BCUT2D eigenvalue weighted by Crippen LogP contribution is 2.29. The minimum Gasteiger partial charge on any atom is -0.490 e. The zero-order valence-electron chi connectivity index (χ0n) is 18.4. The summed E-state index contributed by atoms with van der Waals surface area (Å²) in [5, 5.41) is 6.86. The van der Waals surface area contributed by atoms with E-state index < -0.39 is 24.1 Å². The topological polar surface area (TPSA) is 89.0 Å². The summed E-state index contributed by atoms with van der Waals surface area (Å²) in [6.07, 6.45) is 0.908. The zero-order valence-corrected chi connectivity index (χ0v) is 19.1. The van der Waals surface area contributed by atoms with Gasteiger partial charge in [0, 0.05) is 5.02 Å². The molecule has 0 aliphatic carbocycles. The molecular weight excluding hydrogens is 461 g/mol. The van der Waals surface area contributed by atoms with Crippen molar-refractivity contribution >= 4 is 35.3 Å². The molecule has 34 heavy (non-hydrogen) atoms. The smallest absolute Gasteiger partial charge is 0.249 e. The third-order valence-corrected chi connectivity index (χ3v) is 4.70. The number of amides is 2. The number of nitrogens with one attached hydrogen (secondary N) is 2. The van der Waals surface area contributed by atoms with Crippen molar-refractivity contribution in [3.05, 3.63) is 88.7 Å². The van der Waals surface area contributed by atoms with E-state index in [9.17, 15) is 14.0 Å². The fourth-order valence-corrected chi connectivity index (χ4v) is 2.98. The quantitative estimate of drug-likeness (QED) is 0.243. The van der Waals surface area contributed by atoms with Gasteiger partial charge in [0.15, 0.2) is 11.5 Å². The molecule has 176 valence electrons. The first-order valence-corrected chi connectivity index (χ1v) is 10.8. The monoisotopic (exact) mass is 483 g/mol. The third-order valence-electron chi connectivity index (χ3n) is 4.45. The van der Waals surface area contributed by atoms with Crippen molar-refractivity contribution in [2.24, 2.45) is 5.10 Å². The molecule has 0 atom stereocenters. The van der Waals surface area contributed by atoms with Gasteiger partial charge in [-0.2, -0.15) is 5.10 Å². The molecule has 2 N–H and O–H groups in total. The van der Waals surface area contributed by atoms with Crippen LogP contribution in [0.5, 0.6) is 11.5 Å². The molecular formula is C25H23ClFN3O4. The molecule has 0 saturated carbocycles. The van der Waals surface area contributed by atoms with Gasteiger partial charge < -0.3 is 14.8 Å². The summed E-state index contributed by atoms with van der Waals surface area (Å²) in [6, 6.07) is 18.3. The second-order valence-corrected chi connectivity index (χ2v) is 7.49. The Kier molecular flexibility index (Phi) is 8.99. The van der Waals surface area contributed by atoms with E-state index in [-0.39, 0.29) is 5.69 Å². The van der Waals surface area contributed by atoms with Crippen molar-refractivity contribution in [1.82, 2.24) is 5.43 Å². The number of hydrazone groups is 1. The molecule has 0 bridgehead atoms. The van der Waals surface area contributed by atoms with Gasteiger partial charge in [-0.15, -0.1) is 0 Å². The van der Waals surface area contributed by atoms with E-state index in [0.29, 0.717) is 35.3 Å². The summed E-state index contributed by atoms with van der Waals surface area (Å²) in [6.45, 7) is 2.64. The van der Waals surface area contributed by atoms with E-state index in [1.165, 1.54) is 24.4 Å². The van der Waals surface area contributed by atoms with Gasteiger partial charge in [-0.1, -0.05) is 35.9 Å². The lowest BCUT2D eigenvalue weighted by molar-refractivity contribution is -0.126. The van der Waals surface area contributed by atoms with Crippen LogP contribution in [0.3, 0.4) is 0 Å². The molecule has 0 radical (unpaired) electrons. The molecule has 0 aliphatic rings. The highest BCUT2D eigenvalue weighted by molar-refractivity contribution is 6.30. The Morgan fingerprint density at radius 1 is 1.00 bits per heavy atom. The molecule has 0 heterocycles. The Morgan fingerprint density at radius 2 is 1.76 bits per heavy atom. The highest BCUT2D eigenvalue weighted by Gasteiger charge is 2.11. The summed E-state index contributed by atoms with van der Waals surface area (Å²) in [4.78, 5) is 23.9. The fourth-order valence-electron chi connectivity index (χ4n) is 2.86. The van der Waals surface area contributed by atoms with Crippen LogP contribution in [0.4, 0.5) is 10.1 Å². The van der Waals surface area contributed by atoms with Crippen LogP contribution < -0.4 is 20.2 Å². The number of nitrogens with zero attached hydrogens (tertiary/aromatic N) is 1. The van der Waals surface area contributed by atoms with E-state index in [1.54, 1.807) is 36.4 Å². The Hall–Kier alpha value is -3.91. The van der Waals surface area contributed by atoms with Crippen molar-refractivity contribution in [3.63, 3.8) is 0 Å². The molecule has 3 aromatic carbocycles. The van der Waals surface area contributed by atoms with E-state index in [0.717, 1.165) is 5.56 Å². The number of anilines is 1. The lowest BCUT2D eigenvalue weighted by Gasteiger charge is -2.12. The number of ether oxygens (including phenoxy) is 2. The Morgan fingerprint density at radius 3 is 2.50 bits per heavy atom. The van der Waals surface area contributed by atoms with Crippen LogP contribution in [0.2, 0.25) is 5.02 Å². The van der Waals surface area contributed by atoms with Crippen LogP contribution in [0, 0.1) is 5.82 Å². The first-order chi connectivity index (χ1) is 16.4. The second kappa shape index (κ2) is 12.4. The highest BCUT2D eigenvalue weighted by atomic mass is 35.5. The third kappa shape index (κ3) is 7.60. The molecule has 3 aromatic rings. The molecule has 9 heteroatoms. The molecule has 0 fully saturated rings. The first-order valence-electron chi connectivity index (χ1n) is 10.4. The van der Waals surface area contributed by atoms with Gasteiger partial charge in [0.05, 0.1) is 18.5 Å². The number of rotatable bonds is 10. The average molecular weight is 484 g/mol. The lowest BCUT2D eigenvalue weighted by atomic mass is 10.2. The van der Waals surface area contributed by atoms with E-state index in [1.807, 2.05) is 19.1 Å². The van der Waals surface area contributed by atoms with Gasteiger partial charge in [-0.3, -0.25) is 9.59 Å². The second-order valence-electron chi connectivity index (χ2n) is 7.05. The number of carbonyl (C=O) groups is 2. The van der Waals surface area contributed by atoms with Gasteiger partial charge in [0.25, 0.3) is 0 Å². The van der Waals surface area contributed by atoms with Crippen molar-refractivity contribution in [3.8, 4) is 11.5 Å². The van der Waals surface area contributed by atoms with Gasteiger partial charge >= 0.3 is 0 Å². The number of hydrogen-bond donors (Lipinski definition) is 2. The predicted octanol–water partition coefficient (Wildman–Crippen LogP) is 4.94. The maximum atomic E-state index is 13.6. The van der Waals surface area contributed by atoms with E-state index in [4.69, 9.17) is 21.1 Å². The lowest BCUT2D eigenvalue weighted by Crippen LogP contribution is -2.24. The molecule has 0 aliphatic heterocycles. The maximum Gasteiger partial charge on any atom is 0.249 e. The van der Waals surface area contributed by atoms with Gasteiger partial charge in [-0.05, 0) is 60.5 Å². The van der Waals surface area contributed by atoms with Crippen molar-refractivity contribution in [2.75, 3.05) is 11.9 Å². The van der Waals surface area contributed by atoms with Gasteiger partial charge in [0.1, 0.15) is 18.8 Å². The predicted molar refractivity (Wildman–Crippen MR) is 129 cm³/mol. The zero-order chi connectivity index (χ0) is 24.3. The van der Waals surface area contributed by atoms with Crippen LogP contribution in [0.15, 0.2) is 71.8 Å². The van der Waals surface area contributed by atoms with Crippen molar-refractivity contribution in [2.45, 2.75) is 20.0 Å². The van der Waals surface area contributed by atoms with Crippen LogP contribution in [0.1, 0.15) is 24.5 Å². The average Bonchev–Trinajstić information content (AvgIpc) is 2.81. The molecule has 0 unspecified atom stereocenters. The summed E-state index contributed by atoms with van der Waals surface area (Å²) >= 11 is 5.90. The summed E-state index contributed by atoms with van der Waals surface area (Å²) in [5.41, 5.74) is 3.89. The molecule has 0 aromatic heterocycles. The van der Waals surface area contributed by atoms with E-state index >= 15 is 0 Å². The Bertz CT molecular complexity index is 1170. The minimum atomic E-state index is -0.654. The largest absolute Gasteiger partial charge is 0.490 e. The molecule has 0 spiro atoms. The Balaban J connectivity index is 1.54. The van der Waals surface area contributed by atoms with Crippen LogP contribution >= 0.6 is 11.6 Å². The molecule has 2 amide bonds. The van der Waals surface area contributed by atoms with Gasteiger partial charge in [0.2, 0.25) is 11.8 Å². The Labute approximate surface area is 201 Å². The number of carbonyl (C=O) groups excluding carboxylic acids is 2. The summed E-state index contributed by atoms with van der Waals surface area (Å²) < 4.78 is 25.1. The summed E-state index contributed by atoms with van der Waals surface area (Å²) in [5.74, 6) is -0.796. The molecule has 0 saturated heterocycles. The van der Waals surface area contributed by atoms with E-state index in [2.05, 4.69) is 15.8 Å². The normalized spacial score (nSPS) is 10.7. The first kappa shape index (κ1) is 24.7.